The van der Waals surface area contributed by atoms with Crippen LogP contribution in [0.2, 0.25) is 0 Å². The van der Waals surface area contributed by atoms with Gasteiger partial charge >= 0.3 is 6.03 Å². The first-order valence-electron chi connectivity index (χ1n) is 7.99. The van der Waals surface area contributed by atoms with E-state index in [1.165, 1.54) is 24.5 Å². The van der Waals surface area contributed by atoms with Crippen molar-refractivity contribution in [3.8, 4) is 5.69 Å². The molecule has 3 amide bonds. The van der Waals surface area contributed by atoms with E-state index in [0.717, 1.165) is 42.2 Å². The molecule has 3 rings (SSSR count). The van der Waals surface area contributed by atoms with Gasteiger partial charge in [-0.3, -0.25) is 14.7 Å². The Hall–Kier alpha value is -2.28. The molecule has 1 aromatic heterocycles. The molecule has 0 saturated heterocycles. The Balaban J connectivity index is 1.84. The summed E-state index contributed by atoms with van der Waals surface area (Å²) in [5.74, 6) is -0.184. The summed E-state index contributed by atoms with van der Waals surface area (Å²) in [6.07, 6.45) is 4.29. The van der Waals surface area contributed by atoms with Crippen molar-refractivity contribution >= 4 is 23.7 Å². The van der Waals surface area contributed by atoms with Gasteiger partial charge in [-0.05, 0) is 37.8 Å². The third kappa shape index (κ3) is 3.62. The topological polar surface area (TPSA) is 76.0 Å². The van der Waals surface area contributed by atoms with Crippen molar-refractivity contribution < 1.29 is 9.59 Å². The highest BCUT2D eigenvalue weighted by molar-refractivity contribution is 7.99. The zero-order valence-corrected chi connectivity index (χ0v) is 14.4. The van der Waals surface area contributed by atoms with Gasteiger partial charge in [0.25, 0.3) is 0 Å². The molecule has 0 saturated carbocycles. The largest absolute Gasteiger partial charge is 0.341 e. The highest BCUT2D eigenvalue weighted by Crippen LogP contribution is 2.30. The van der Waals surface area contributed by atoms with E-state index >= 15 is 0 Å². The summed E-state index contributed by atoms with van der Waals surface area (Å²) in [4.78, 5) is 27.8. The molecule has 7 heteroatoms. The number of thioether (sulfide) groups is 1. The van der Waals surface area contributed by atoms with E-state index in [0.29, 0.717) is 0 Å². The third-order valence-electron chi connectivity index (χ3n) is 3.93. The fraction of sp³-hybridized carbons (Fsp3) is 0.353. The number of hydrogen-bond acceptors (Lipinski definition) is 4. The molecule has 126 valence electrons. The summed E-state index contributed by atoms with van der Waals surface area (Å²) in [6.45, 7) is 0. The highest BCUT2D eigenvalue weighted by atomic mass is 32.2. The smallest absolute Gasteiger partial charge is 0.321 e. The van der Waals surface area contributed by atoms with Gasteiger partial charge in [0.05, 0.1) is 11.4 Å². The minimum Gasteiger partial charge on any atom is -0.341 e. The molecule has 0 radical (unpaired) electrons. The van der Waals surface area contributed by atoms with E-state index in [4.69, 9.17) is 4.98 Å². The van der Waals surface area contributed by atoms with Gasteiger partial charge in [0.2, 0.25) is 5.91 Å². The number of amides is 3. The monoisotopic (exact) mass is 344 g/mol. The fourth-order valence-electron chi connectivity index (χ4n) is 2.81. The van der Waals surface area contributed by atoms with Crippen molar-refractivity contribution in [2.45, 2.75) is 30.8 Å². The molecule has 2 N–H and O–H groups in total. The standard InChI is InChI=1S/C17H20N4O2S/c1-18-16(23)20-15(22)11-24-17-19-13-9-5-6-10-14(13)21(17)12-7-3-2-4-8-12/h2-4,7-8H,5-6,9-11H2,1H3,(H2,18,20,22,23). The molecule has 24 heavy (non-hydrogen) atoms. The normalized spacial score (nSPS) is 13.2. The summed E-state index contributed by atoms with van der Waals surface area (Å²) in [5, 5.41) is 5.45. The molecule has 1 aliphatic carbocycles. The number of imide groups is 1. The second-order valence-electron chi connectivity index (χ2n) is 5.58. The number of carbonyl (C=O) groups excluding carboxylic acids is 2. The summed E-state index contributed by atoms with van der Waals surface area (Å²) in [7, 11) is 1.48. The Labute approximate surface area is 145 Å². The van der Waals surface area contributed by atoms with Gasteiger partial charge in [-0.15, -0.1) is 0 Å². The molecule has 0 aliphatic heterocycles. The maximum Gasteiger partial charge on any atom is 0.321 e. The molecule has 0 unspecified atom stereocenters. The van der Waals surface area contributed by atoms with Crippen molar-refractivity contribution in [2.24, 2.45) is 0 Å². The lowest BCUT2D eigenvalue weighted by molar-refractivity contribution is -0.117. The van der Waals surface area contributed by atoms with E-state index in [1.807, 2.05) is 30.3 Å². The number of fused-ring (bicyclic) bond motifs is 1. The minimum absolute atomic E-state index is 0.149. The first kappa shape index (κ1) is 16.6. The van der Waals surface area contributed by atoms with Crippen LogP contribution in [0.1, 0.15) is 24.2 Å². The molecule has 6 nitrogen and oxygen atoms in total. The van der Waals surface area contributed by atoms with Gasteiger partial charge in [0.15, 0.2) is 5.16 Å². The molecular formula is C17H20N4O2S. The van der Waals surface area contributed by atoms with Crippen LogP contribution in [-0.4, -0.2) is 34.3 Å². The van der Waals surface area contributed by atoms with Gasteiger partial charge in [-0.1, -0.05) is 30.0 Å². The molecule has 0 atom stereocenters. The van der Waals surface area contributed by atoms with Crippen LogP contribution in [0.25, 0.3) is 5.69 Å². The number of carbonyl (C=O) groups is 2. The van der Waals surface area contributed by atoms with Gasteiger partial charge in [-0.25, -0.2) is 9.78 Å². The summed E-state index contributed by atoms with van der Waals surface area (Å²) >= 11 is 1.36. The Bertz CT molecular complexity index is 743. The molecule has 1 aromatic carbocycles. The Morgan fingerprint density at radius 1 is 1.21 bits per heavy atom. The first-order chi connectivity index (χ1) is 11.7. The number of hydrogen-bond donors (Lipinski definition) is 2. The van der Waals surface area contributed by atoms with Crippen LogP contribution < -0.4 is 10.6 Å². The lowest BCUT2D eigenvalue weighted by Gasteiger charge is -2.15. The number of aromatic nitrogens is 2. The summed E-state index contributed by atoms with van der Waals surface area (Å²) in [6, 6.07) is 9.58. The Kier molecular flexibility index (Phi) is 5.20. The number of benzene rings is 1. The van der Waals surface area contributed by atoms with Crippen molar-refractivity contribution in [2.75, 3.05) is 12.8 Å². The lowest BCUT2D eigenvalue weighted by Crippen LogP contribution is -2.38. The van der Waals surface area contributed by atoms with E-state index in [1.54, 1.807) is 0 Å². The summed E-state index contributed by atoms with van der Waals surface area (Å²) in [5.41, 5.74) is 3.42. The van der Waals surface area contributed by atoms with Crippen LogP contribution in [-0.2, 0) is 17.6 Å². The maximum atomic E-state index is 11.8. The maximum absolute atomic E-state index is 11.8. The predicted molar refractivity (Wildman–Crippen MR) is 93.5 cm³/mol. The third-order valence-corrected chi connectivity index (χ3v) is 4.87. The average Bonchev–Trinajstić information content (AvgIpc) is 2.99. The second-order valence-corrected chi connectivity index (χ2v) is 6.52. The van der Waals surface area contributed by atoms with Crippen molar-refractivity contribution in [3.05, 3.63) is 41.7 Å². The van der Waals surface area contributed by atoms with Gasteiger partial charge in [0, 0.05) is 18.4 Å². The average molecular weight is 344 g/mol. The van der Waals surface area contributed by atoms with Gasteiger partial charge < -0.3 is 5.32 Å². The number of aryl methyl sites for hydroxylation is 1. The van der Waals surface area contributed by atoms with Crippen LogP contribution in [0, 0.1) is 0 Å². The number of nitrogens with one attached hydrogen (secondary N) is 2. The summed E-state index contributed by atoms with van der Waals surface area (Å²) < 4.78 is 2.15. The minimum atomic E-state index is -0.494. The molecule has 1 aliphatic rings. The Morgan fingerprint density at radius 3 is 2.71 bits per heavy atom. The van der Waals surface area contributed by atoms with E-state index in [9.17, 15) is 9.59 Å². The van der Waals surface area contributed by atoms with E-state index < -0.39 is 6.03 Å². The Morgan fingerprint density at radius 2 is 1.96 bits per heavy atom. The van der Waals surface area contributed by atoms with Crippen molar-refractivity contribution in [1.29, 1.82) is 0 Å². The number of para-hydroxylation sites is 1. The van der Waals surface area contributed by atoms with Crippen LogP contribution in [0.4, 0.5) is 4.79 Å². The lowest BCUT2D eigenvalue weighted by atomic mass is 10.0. The van der Waals surface area contributed by atoms with Gasteiger partial charge in [-0.2, -0.15) is 0 Å². The van der Waals surface area contributed by atoms with Crippen LogP contribution >= 0.6 is 11.8 Å². The van der Waals surface area contributed by atoms with Crippen molar-refractivity contribution in [3.63, 3.8) is 0 Å². The number of urea groups is 1. The predicted octanol–water partition coefficient (Wildman–Crippen LogP) is 2.30. The van der Waals surface area contributed by atoms with Crippen molar-refractivity contribution in [1.82, 2.24) is 20.2 Å². The van der Waals surface area contributed by atoms with E-state index in [-0.39, 0.29) is 11.7 Å². The van der Waals surface area contributed by atoms with Gasteiger partial charge in [0.1, 0.15) is 0 Å². The first-order valence-corrected chi connectivity index (χ1v) is 8.98. The molecular weight excluding hydrogens is 324 g/mol. The van der Waals surface area contributed by atoms with Crippen LogP contribution in [0.3, 0.4) is 0 Å². The second kappa shape index (κ2) is 7.53. The van der Waals surface area contributed by atoms with E-state index in [2.05, 4.69) is 15.2 Å². The van der Waals surface area contributed by atoms with Crippen LogP contribution in [0.15, 0.2) is 35.5 Å². The number of imidazole rings is 1. The zero-order chi connectivity index (χ0) is 16.9. The fourth-order valence-corrected chi connectivity index (χ4v) is 3.66. The molecule has 0 fully saturated rings. The highest BCUT2D eigenvalue weighted by Gasteiger charge is 2.22. The number of rotatable bonds is 4. The molecule has 2 aromatic rings. The zero-order valence-electron chi connectivity index (χ0n) is 13.5. The number of nitrogens with zero attached hydrogens (tertiary/aromatic N) is 2. The van der Waals surface area contributed by atoms with Crippen LogP contribution in [0.5, 0.6) is 0 Å². The quantitative estimate of drug-likeness (QED) is 0.835. The molecule has 0 bridgehead atoms. The molecule has 1 heterocycles. The SMILES string of the molecule is CNC(=O)NC(=O)CSc1nc2c(n1-c1ccccc1)CCCC2. The molecule has 0 spiro atoms.